The summed E-state index contributed by atoms with van der Waals surface area (Å²) in [5, 5.41) is 3.50. The molecule has 5 nitrogen and oxygen atoms in total. The number of rotatable bonds is 9. The van der Waals surface area contributed by atoms with E-state index < -0.39 is 10.1 Å². The molecule has 0 aromatic heterocycles. The summed E-state index contributed by atoms with van der Waals surface area (Å²) < 4.78 is 34.4. The molecular weight excluding hydrogens is 399 g/mol. The van der Waals surface area contributed by atoms with Crippen LogP contribution in [0.25, 0.3) is 0 Å². The monoisotopic (exact) mass is 426 g/mol. The molecule has 3 rings (SSSR count). The minimum Gasteiger partial charge on any atom is -0.744 e. The summed E-state index contributed by atoms with van der Waals surface area (Å²) in [6, 6.07) is 14.7. The van der Waals surface area contributed by atoms with E-state index in [9.17, 15) is 13.0 Å². The smallest absolute Gasteiger partial charge is 0.744 e. The molecule has 0 bridgehead atoms. The van der Waals surface area contributed by atoms with Crippen LogP contribution in [0, 0.1) is 0 Å². The standard InChI is InChI=1S/C21H28N2O3S.K/c1-2-3-4-5-9-12-21-22-19-14-13-18(27(24,25)26)15-20(19)23(21)16-17-10-7-6-8-11-17;/h6-8,10-11,13-15,21-22H,2-5,9,12,16H2,1H3,(H,24,25,26);/q;+1/p-1. The molecule has 1 heterocycles. The Bertz CT molecular complexity index is 859. The van der Waals surface area contributed by atoms with Gasteiger partial charge in [0, 0.05) is 6.54 Å². The first kappa shape index (κ1) is 23.9. The van der Waals surface area contributed by atoms with Crippen molar-refractivity contribution >= 4 is 21.5 Å². The first-order valence-electron chi connectivity index (χ1n) is 9.66. The second kappa shape index (κ2) is 11.1. The number of hydrogen-bond acceptors (Lipinski definition) is 5. The van der Waals surface area contributed by atoms with E-state index in [4.69, 9.17) is 0 Å². The van der Waals surface area contributed by atoms with Crippen LogP contribution in [0.3, 0.4) is 0 Å². The van der Waals surface area contributed by atoms with Gasteiger partial charge in [-0.15, -0.1) is 0 Å². The predicted molar refractivity (Wildman–Crippen MR) is 108 cm³/mol. The van der Waals surface area contributed by atoms with E-state index in [1.165, 1.54) is 37.8 Å². The second-order valence-corrected chi connectivity index (χ2v) is 8.49. The zero-order valence-corrected chi connectivity index (χ0v) is 20.7. The fraction of sp³-hybridized carbons (Fsp3) is 0.429. The van der Waals surface area contributed by atoms with Crippen LogP contribution in [0.5, 0.6) is 0 Å². The Morgan fingerprint density at radius 2 is 1.75 bits per heavy atom. The Kier molecular flexibility index (Phi) is 9.47. The first-order valence-corrected chi connectivity index (χ1v) is 11.1. The van der Waals surface area contributed by atoms with E-state index >= 15 is 0 Å². The predicted octanol–water partition coefficient (Wildman–Crippen LogP) is 1.71. The van der Waals surface area contributed by atoms with Gasteiger partial charge in [-0.1, -0.05) is 62.9 Å². The molecule has 28 heavy (non-hydrogen) atoms. The maximum absolute atomic E-state index is 11.5. The van der Waals surface area contributed by atoms with Crippen LogP contribution in [-0.4, -0.2) is 19.1 Å². The average molecular weight is 427 g/mol. The number of benzene rings is 2. The van der Waals surface area contributed by atoms with Crippen molar-refractivity contribution in [3.05, 3.63) is 54.1 Å². The third-order valence-electron chi connectivity index (χ3n) is 5.04. The van der Waals surface area contributed by atoms with Crippen LogP contribution in [0.2, 0.25) is 0 Å². The van der Waals surface area contributed by atoms with Gasteiger partial charge in [0.25, 0.3) is 0 Å². The molecule has 0 spiro atoms. The van der Waals surface area contributed by atoms with Crippen molar-refractivity contribution in [3.63, 3.8) is 0 Å². The number of fused-ring (bicyclic) bond motifs is 1. The van der Waals surface area contributed by atoms with E-state index in [-0.39, 0.29) is 62.4 Å². The number of nitrogens with one attached hydrogen (secondary N) is 1. The molecule has 2 aromatic rings. The fourth-order valence-corrected chi connectivity index (χ4v) is 4.09. The van der Waals surface area contributed by atoms with Crippen LogP contribution in [0.4, 0.5) is 11.4 Å². The van der Waals surface area contributed by atoms with Crippen molar-refractivity contribution < 1.29 is 64.4 Å². The van der Waals surface area contributed by atoms with Crippen LogP contribution in [0.15, 0.2) is 53.4 Å². The van der Waals surface area contributed by atoms with E-state index in [0.717, 1.165) is 29.8 Å². The van der Waals surface area contributed by atoms with Crippen LogP contribution >= 0.6 is 0 Å². The number of unbranched alkanes of at least 4 members (excludes halogenated alkanes) is 4. The van der Waals surface area contributed by atoms with Crippen molar-refractivity contribution in [1.29, 1.82) is 0 Å². The molecule has 0 fully saturated rings. The largest absolute Gasteiger partial charge is 1.00 e. The minimum absolute atomic E-state index is 0. The van der Waals surface area contributed by atoms with Crippen molar-refractivity contribution in [2.75, 3.05) is 10.2 Å². The molecule has 7 heteroatoms. The van der Waals surface area contributed by atoms with Gasteiger partial charge >= 0.3 is 51.4 Å². The summed E-state index contributed by atoms with van der Waals surface area (Å²) in [5.41, 5.74) is 2.82. The van der Waals surface area contributed by atoms with Crippen molar-refractivity contribution in [1.82, 2.24) is 0 Å². The molecule has 0 radical (unpaired) electrons. The van der Waals surface area contributed by atoms with Gasteiger partial charge in [-0.3, -0.25) is 0 Å². The van der Waals surface area contributed by atoms with E-state index in [2.05, 4.69) is 29.3 Å². The summed E-state index contributed by atoms with van der Waals surface area (Å²) in [6.45, 7) is 2.88. The normalized spacial score (nSPS) is 15.6. The fourth-order valence-electron chi connectivity index (χ4n) is 3.60. The SMILES string of the molecule is CCCCCCCC1Nc2ccc(S(=O)(=O)[O-])cc2N1Cc1ccccc1.[K+]. The molecule has 0 amide bonds. The van der Waals surface area contributed by atoms with E-state index in [1.807, 2.05) is 18.2 Å². The average Bonchev–Trinajstić information content (AvgIpc) is 2.98. The first-order chi connectivity index (χ1) is 13.0. The van der Waals surface area contributed by atoms with Gasteiger partial charge in [0.1, 0.15) is 10.1 Å². The van der Waals surface area contributed by atoms with E-state index in [0.29, 0.717) is 6.54 Å². The van der Waals surface area contributed by atoms with Crippen molar-refractivity contribution in [2.24, 2.45) is 0 Å². The van der Waals surface area contributed by atoms with Gasteiger partial charge in [0.05, 0.1) is 22.4 Å². The Balaban J connectivity index is 0.00000280. The molecular formula is C21H27KN2O3S. The summed E-state index contributed by atoms with van der Waals surface area (Å²) in [4.78, 5) is 2.00. The van der Waals surface area contributed by atoms with Gasteiger partial charge in [-0.25, -0.2) is 8.42 Å². The molecule has 0 saturated heterocycles. The Morgan fingerprint density at radius 3 is 2.43 bits per heavy atom. The number of hydrogen-bond donors (Lipinski definition) is 1. The molecule has 1 unspecified atom stereocenters. The molecule has 1 aliphatic heterocycles. The molecule has 1 aliphatic rings. The topological polar surface area (TPSA) is 72.5 Å². The van der Waals surface area contributed by atoms with Gasteiger partial charge in [0.15, 0.2) is 0 Å². The molecule has 1 N–H and O–H groups in total. The van der Waals surface area contributed by atoms with Gasteiger partial charge < -0.3 is 14.8 Å². The summed E-state index contributed by atoms with van der Waals surface area (Å²) in [6.07, 6.45) is 7.12. The second-order valence-electron chi connectivity index (χ2n) is 7.11. The third-order valence-corrected chi connectivity index (χ3v) is 5.87. The maximum Gasteiger partial charge on any atom is 1.00 e. The number of nitrogens with zero attached hydrogens (tertiary/aromatic N) is 1. The van der Waals surface area contributed by atoms with Gasteiger partial charge in [-0.05, 0) is 36.6 Å². The maximum atomic E-state index is 11.5. The van der Waals surface area contributed by atoms with E-state index in [1.54, 1.807) is 6.07 Å². The Hall–Kier alpha value is -0.414. The van der Waals surface area contributed by atoms with Crippen molar-refractivity contribution in [2.45, 2.75) is 63.1 Å². The molecule has 1 atom stereocenters. The van der Waals surface area contributed by atoms with Gasteiger partial charge in [-0.2, -0.15) is 0 Å². The zero-order chi connectivity index (χ0) is 19.3. The summed E-state index contributed by atoms with van der Waals surface area (Å²) in [5.74, 6) is 0. The Morgan fingerprint density at radius 1 is 1.04 bits per heavy atom. The minimum atomic E-state index is -4.47. The molecule has 146 valence electrons. The van der Waals surface area contributed by atoms with Crippen molar-refractivity contribution in [3.8, 4) is 0 Å². The number of anilines is 2. The Labute approximate surface area is 211 Å². The quantitative estimate of drug-likeness (QED) is 0.375. The van der Waals surface area contributed by atoms with Crippen LogP contribution in [-0.2, 0) is 16.7 Å². The van der Waals surface area contributed by atoms with Crippen LogP contribution < -0.4 is 61.6 Å². The van der Waals surface area contributed by atoms with Gasteiger partial charge in [0.2, 0.25) is 0 Å². The molecule has 0 saturated carbocycles. The third kappa shape index (κ3) is 6.29. The zero-order valence-electron chi connectivity index (χ0n) is 16.7. The molecule has 0 aliphatic carbocycles. The van der Waals surface area contributed by atoms with Crippen LogP contribution in [0.1, 0.15) is 51.0 Å². The molecule has 2 aromatic carbocycles. The summed E-state index contributed by atoms with van der Waals surface area (Å²) >= 11 is 0. The summed E-state index contributed by atoms with van der Waals surface area (Å²) in [7, 11) is -4.47.